The Balaban J connectivity index is 2.03. The van der Waals surface area contributed by atoms with E-state index in [0.717, 1.165) is 24.3 Å². The minimum Gasteiger partial charge on any atom is -0.389 e. The van der Waals surface area contributed by atoms with Crippen molar-refractivity contribution in [3.63, 3.8) is 0 Å². The molecule has 0 spiro atoms. The predicted molar refractivity (Wildman–Crippen MR) is 78.1 cm³/mol. The van der Waals surface area contributed by atoms with Gasteiger partial charge in [-0.05, 0) is 18.2 Å². The molecule has 1 heterocycles. The van der Waals surface area contributed by atoms with Crippen LogP contribution >= 0.6 is 23.8 Å². The first-order valence-corrected chi connectivity index (χ1v) is 6.24. The second kappa shape index (κ2) is 5.84. The van der Waals surface area contributed by atoms with Crippen LogP contribution in [0.3, 0.4) is 0 Å². The number of hydrogen-bond donors (Lipinski definition) is 2. The fourth-order valence-electron chi connectivity index (χ4n) is 1.62. The van der Waals surface area contributed by atoms with Crippen LogP contribution in [0.15, 0.2) is 36.9 Å². The van der Waals surface area contributed by atoms with Gasteiger partial charge in [-0.25, -0.2) is 4.98 Å². The molecule has 0 saturated heterocycles. The molecule has 3 N–H and O–H groups in total. The van der Waals surface area contributed by atoms with Gasteiger partial charge in [0, 0.05) is 41.8 Å². The minimum absolute atomic E-state index is 0.358. The van der Waals surface area contributed by atoms with E-state index in [1.807, 2.05) is 22.9 Å². The van der Waals surface area contributed by atoms with Crippen molar-refractivity contribution in [3.8, 4) is 0 Å². The van der Waals surface area contributed by atoms with E-state index >= 15 is 0 Å². The highest BCUT2D eigenvalue weighted by atomic mass is 35.5. The lowest BCUT2D eigenvalue weighted by atomic mass is 10.2. The summed E-state index contributed by atoms with van der Waals surface area (Å²) >= 11 is 11.0. The number of halogens is 1. The van der Waals surface area contributed by atoms with E-state index < -0.39 is 0 Å². The van der Waals surface area contributed by atoms with Gasteiger partial charge in [0.05, 0.1) is 6.33 Å². The van der Waals surface area contributed by atoms with E-state index in [-0.39, 0.29) is 0 Å². The Hall–Kier alpha value is -1.59. The first kappa shape index (κ1) is 12.9. The molecule has 0 unspecified atom stereocenters. The van der Waals surface area contributed by atoms with E-state index in [9.17, 15) is 0 Å². The van der Waals surface area contributed by atoms with Crippen molar-refractivity contribution in [2.45, 2.75) is 6.54 Å². The maximum atomic E-state index is 5.96. The number of thiocarbonyl (C=S) groups is 1. The van der Waals surface area contributed by atoms with E-state index in [1.165, 1.54) is 0 Å². The third-order valence-corrected chi connectivity index (χ3v) is 2.95. The molecule has 0 aliphatic carbocycles. The van der Waals surface area contributed by atoms with Crippen molar-refractivity contribution >= 4 is 34.5 Å². The lowest BCUT2D eigenvalue weighted by molar-refractivity contribution is 0.727. The Morgan fingerprint density at radius 2 is 2.33 bits per heavy atom. The lowest BCUT2D eigenvalue weighted by Gasteiger charge is -2.11. The number of aromatic nitrogens is 2. The summed E-state index contributed by atoms with van der Waals surface area (Å²) < 4.78 is 1.98. The second-order valence-corrected chi connectivity index (χ2v) is 4.66. The molecule has 0 bridgehead atoms. The van der Waals surface area contributed by atoms with Crippen molar-refractivity contribution in [1.82, 2.24) is 9.55 Å². The molecule has 1 aromatic heterocycles. The summed E-state index contributed by atoms with van der Waals surface area (Å²) in [5.74, 6) is 0. The molecule has 6 heteroatoms. The predicted octanol–water partition coefficient (Wildman–Crippen LogP) is 2.28. The van der Waals surface area contributed by atoms with Gasteiger partial charge >= 0.3 is 0 Å². The highest BCUT2D eigenvalue weighted by Gasteiger charge is 2.05. The molecule has 0 saturated carbocycles. The van der Waals surface area contributed by atoms with Crippen LogP contribution in [0.2, 0.25) is 5.02 Å². The first-order chi connectivity index (χ1) is 8.66. The van der Waals surface area contributed by atoms with Crippen LogP contribution in [0.5, 0.6) is 0 Å². The SMILES string of the molecule is NC(=S)c1ccc(Cl)cc1NCCn1ccnc1. The van der Waals surface area contributed by atoms with Crippen LogP contribution < -0.4 is 11.1 Å². The molecule has 0 atom stereocenters. The molecule has 0 aliphatic rings. The second-order valence-electron chi connectivity index (χ2n) is 3.78. The number of anilines is 1. The van der Waals surface area contributed by atoms with Gasteiger partial charge in [0.25, 0.3) is 0 Å². The molecule has 2 rings (SSSR count). The summed E-state index contributed by atoms with van der Waals surface area (Å²) in [6.07, 6.45) is 5.43. The zero-order valence-corrected chi connectivity index (χ0v) is 11.2. The fourth-order valence-corrected chi connectivity index (χ4v) is 1.97. The Morgan fingerprint density at radius 1 is 1.50 bits per heavy atom. The summed E-state index contributed by atoms with van der Waals surface area (Å²) in [5, 5.41) is 3.93. The molecule has 0 aliphatic heterocycles. The summed E-state index contributed by atoms with van der Waals surface area (Å²) in [6.45, 7) is 1.55. The average Bonchev–Trinajstić information content (AvgIpc) is 2.82. The normalized spacial score (nSPS) is 10.3. The Labute approximate surface area is 116 Å². The lowest BCUT2D eigenvalue weighted by Crippen LogP contribution is -2.15. The first-order valence-electron chi connectivity index (χ1n) is 5.46. The monoisotopic (exact) mass is 280 g/mol. The summed E-state index contributed by atoms with van der Waals surface area (Å²) in [7, 11) is 0. The van der Waals surface area contributed by atoms with E-state index in [0.29, 0.717) is 10.0 Å². The Kier molecular flexibility index (Phi) is 4.17. The smallest absolute Gasteiger partial charge is 0.106 e. The van der Waals surface area contributed by atoms with Crippen LogP contribution in [0, 0.1) is 0 Å². The quantitative estimate of drug-likeness (QED) is 0.825. The zero-order chi connectivity index (χ0) is 13.0. The zero-order valence-electron chi connectivity index (χ0n) is 9.64. The van der Waals surface area contributed by atoms with Gasteiger partial charge in [-0.3, -0.25) is 0 Å². The molecular formula is C12H13ClN4S. The van der Waals surface area contributed by atoms with Crippen molar-refractivity contribution in [1.29, 1.82) is 0 Å². The number of nitrogens with zero attached hydrogens (tertiary/aromatic N) is 2. The molecule has 4 nitrogen and oxygen atoms in total. The number of nitrogens with one attached hydrogen (secondary N) is 1. The van der Waals surface area contributed by atoms with Gasteiger partial charge in [-0.15, -0.1) is 0 Å². The highest BCUT2D eigenvalue weighted by molar-refractivity contribution is 7.80. The maximum absolute atomic E-state index is 5.96. The van der Waals surface area contributed by atoms with Crippen molar-refractivity contribution in [2.75, 3.05) is 11.9 Å². The molecule has 18 heavy (non-hydrogen) atoms. The number of benzene rings is 1. The maximum Gasteiger partial charge on any atom is 0.106 e. The minimum atomic E-state index is 0.358. The van der Waals surface area contributed by atoms with Crippen molar-refractivity contribution in [3.05, 3.63) is 47.5 Å². The standard InChI is InChI=1S/C12H13ClN4S/c13-9-1-2-10(12(14)18)11(7-9)16-4-6-17-5-3-15-8-17/h1-3,5,7-8,16H,4,6H2,(H2,14,18). The average molecular weight is 281 g/mol. The topological polar surface area (TPSA) is 55.9 Å². The largest absolute Gasteiger partial charge is 0.389 e. The molecule has 1 aromatic carbocycles. The van der Waals surface area contributed by atoms with Gasteiger partial charge in [0.1, 0.15) is 4.99 Å². The van der Waals surface area contributed by atoms with Crippen LogP contribution in [0.4, 0.5) is 5.69 Å². The van der Waals surface area contributed by atoms with E-state index in [2.05, 4.69) is 10.3 Å². The fraction of sp³-hybridized carbons (Fsp3) is 0.167. The molecule has 2 aromatic rings. The van der Waals surface area contributed by atoms with Crippen molar-refractivity contribution in [2.24, 2.45) is 5.73 Å². The number of rotatable bonds is 5. The van der Waals surface area contributed by atoms with Crippen LogP contribution in [0.25, 0.3) is 0 Å². The summed E-state index contributed by atoms with van der Waals surface area (Å²) in [4.78, 5) is 4.34. The third kappa shape index (κ3) is 3.21. The molecule has 0 amide bonds. The molecule has 94 valence electrons. The molecule has 0 fully saturated rings. The number of imidazole rings is 1. The molecular weight excluding hydrogens is 268 g/mol. The number of hydrogen-bond acceptors (Lipinski definition) is 3. The van der Waals surface area contributed by atoms with Gasteiger partial charge in [-0.1, -0.05) is 23.8 Å². The highest BCUT2D eigenvalue weighted by Crippen LogP contribution is 2.20. The Morgan fingerprint density at radius 3 is 3.00 bits per heavy atom. The van der Waals surface area contributed by atoms with Crippen LogP contribution in [-0.2, 0) is 6.54 Å². The Bertz CT molecular complexity index is 539. The van der Waals surface area contributed by atoms with Gasteiger partial charge in [0.15, 0.2) is 0 Å². The van der Waals surface area contributed by atoms with E-state index in [4.69, 9.17) is 29.6 Å². The van der Waals surface area contributed by atoms with Crippen LogP contribution in [-0.4, -0.2) is 21.1 Å². The van der Waals surface area contributed by atoms with Gasteiger partial charge in [0.2, 0.25) is 0 Å². The van der Waals surface area contributed by atoms with Crippen molar-refractivity contribution < 1.29 is 0 Å². The summed E-state index contributed by atoms with van der Waals surface area (Å²) in [6, 6.07) is 5.42. The summed E-state index contributed by atoms with van der Waals surface area (Å²) in [5.41, 5.74) is 7.33. The molecule has 0 radical (unpaired) electrons. The number of nitrogens with two attached hydrogens (primary N) is 1. The van der Waals surface area contributed by atoms with Crippen LogP contribution in [0.1, 0.15) is 5.56 Å². The third-order valence-electron chi connectivity index (χ3n) is 2.49. The van der Waals surface area contributed by atoms with Gasteiger partial charge < -0.3 is 15.6 Å². The van der Waals surface area contributed by atoms with Gasteiger partial charge in [-0.2, -0.15) is 0 Å². The van der Waals surface area contributed by atoms with E-state index in [1.54, 1.807) is 18.6 Å².